The Hall–Kier alpha value is -2.05. The van der Waals surface area contributed by atoms with Crippen LogP contribution in [0.4, 0.5) is 0 Å². The van der Waals surface area contributed by atoms with Gasteiger partial charge in [-0.2, -0.15) is 5.10 Å². The minimum atomic E-state index is -0.236. The first kappa shape index (κ1) is 14.0. The van der Waals surface area contributed by atoms with Gasteiger partial charge < -0.3 is 15.8 Å². The molecule has 1 heterocycles. The Labute approximate surface area is 106 Å². The second kappa shape index (κ2) is 5.52. The number of nitrogens with two attached hydrogens (primary N) is 1. The standard InChI is InChI=1S/C11H19N5O2/c1-7(2)16(6-10(12)14-18)11(17)9-5-8(3)15(4)13-9/h5,7,18H,6H2,1-4H3,(H2,12,14). The number of hydrogen-bond acceptors (Lipinski definition) is 4. The highest BCUT2D eigenvalue weighted by Gasteiger charge is 2.22. The highest BCUT2D eigenvalue weighted by molar-refractivity contribution is 5.95. The van der Waals surface area contributed by atoms with Crippen LogP contribution in [0.25, 0.3) is 0 Å². The van der Waals surface area contributed by atoms with E-state index in [1.807, 2.05) is 20.8 Å². The number of oxime groups is 1. The smallest absolute Gasteiger partial charge is 0.274 e. The summed E-state index contributed by atoms with van der Waals surface area (Å²) in [5, 5.41) is 15.6. The number of aryl methyl sites for hydroxylation is 2. The molecule has 0 aliphatic heterocycles. The lowest BCUT2D eigenvalue weighted by molar-refractivity contribution is 0.0727. The van der Waals surface area contributed by atoms with Crippen LogP contribution in [0.1, 0.15) is 30.0 Å². The molecule has 0 unspecified atom stereocenters. The van der Waals surface area contributed by atoms with E-state index in [4.69, 9.17) is 10.9 Å². The van der Waals surface area contributed by atoms with E-state index in [0.717, 1.165) is 5.69 Å². The number of nitrogens with zero attached hydrogens (tertiary/aromatic N) is 4. The Morgan fingerprint density at radius 1 is 1.67 bits per heavy atom. The fourth-order valence-electron chi connectivity index (χ4n) is 1.51. The van der Waals surface area contributed by atoms with Gasteiger partial charge in [-0.05, 0) is 26.8 Å². The first-order valence-electron chi connectivity index (χ1n) is 5.64. The van der Waals surface area contributed by atoms with Crippen LogP contribution in [0, 0.1) is 6.92 Å². The highest BCUT2D eigenvalue weighted by Crippen LogP contribution is 2.08. The normalized spacial score (nSPS) is 11.9. The van der Waals surface area contributed by atoms with Crippen LogP contribution in [0.3, 0.4) is 0 Å². The Morgan fingerprint density at radius 2 is 2.28 bits per heavy atom. The fraction of sp³-hybridized carbons (Fsp3) is 0.545. The molecule has 1 aromatic rings. The van der Waals surface area contributed by atoms with Gasteiger partial charge in [0.1, 0.15) is 0 Å². The molecule has 1 amide bonds. The van der Waals surface area contributed by atoms with Crippen molar-refractivity contribution in [3.8, 4) is 0 Å². The van der Waals surface area contributed by atoms with E-state index >= 15 is 0 Å². The van der Waals surface area contributed by atoms with Gasteiger partial charge in [-0.15, -0.1) is 0 Å². The lowest BCUT2D eigenvalue weighted by Gasteiger charge is -2.25. The van der Waals surface area contributed by atoms with Gasteiger partial charge in [-0.25, -0.2) is 0 Å². The minimum Gasteiger partial charge on any atom is -0.409 e. The molecule has 0 spiro atoms. The second-order valence-corrected chi connectivity index (χ2v) is 4.41. The maximum absolute atomic E-state index is 12.3. The van der Waals surface area contributed by atoms with Gasteiger partial charge >= 0.3 is 0 Å². The van der Waals surface area contributed by atoms with Crippen molar-refractivity contribution in [2.24, 2.45) is 17.9 Å². The van der Waals surface area contributed by atoms with Crippen LogP contribution < -0.4 is 5.73 Å². The molecule has 7 nitrogen and oxygen atoms in total. The molecule has 0 fully saturated rings. The Morgan fingerprint density at radius 3 is 2.67 bits per heavy atom. The average molecular weight is 253 g/mol. The number of amidine groups is 1. The molecule has 0 saturated carbocycles. The SMILES string of the molecule is Cc1cc(C(=O)N(C/C(N)=N/O)C(C)C)nn1C. The number of aromatic nitrogens is 2. The largest absolute Gasteiger partial charge is 0.409 e. The van der Waals surface area contributed by atoms with E-state index < -0.39 is 0 Å². The first-order chi connectivity index (χ1) is 8.36. The molecule has 100 valence electrons. The predicted octanol–water partition coefficient (Wildman–Crippen LogP) is 0.326. The third kappa shape index (κ3) is 2.99. The van der Waals surface area contributed by atoms with Gasteiger partial charge in [-0.3, -0.25) is 9.48 Å². The van der Waals surface area contributed by atoms with Crippen molar-refractivity contribution in [1.29, 1.82) is 0 Å². The summed E-state index contributed by atoms with van der Waals surface area (Å²) in [6.45, 7) is 5.66. The monoisotopic (exact) mass is 253 g/mol. The van der Waals surface area contributed by atoms with Gasteiger partial charge in [0.05, 0.1) is 6.54 Å². The average Bonchev–Trinajstić information content (AvgIpc) is 2.65. The predicted molar refractivity (Wildman–Crippen MR) is 67.5 cm³/mol. The summed E-state index contributed by atoms with van der Waals surface area (Å²) in [6, 6.07) is 1.64. The third-order valence-corrected chi connectivity index (χ3v) is 2.68. The van der Waals surface area contributed by atoms with E-state index in [0.29, 0.717) is 5.69 Å². The molecular weight excluding hydrogens is 234 g/mol. The molecular formula is C11H19N5O2. The van der Waals surface area contributed by atoms with Gasteiger partial charge in [0, 0.05) is 18.8 Å². The molecule has 3 N–H and O–H groups in total. The van der Waals surface area contributed by atoms with Crippen LogP contribution in [-0.2, 0) is 7.05 Å². The Bertz CT molecular complexity index is 444. The number of carbonyl (C=O) groups is 1. The Balaban J connectivity index is 2.96. The van der Waals surface area contributed by atoms with Crippen LogP contribution >= 0.6 is 0 Å². The summed E-state index contributed by atoms with van der Waals surface area (Å²) >= 11 is 0. The molecule has 0 aliphatic carbocycles. The fourth-order valence-corrected chi connectivity index (χ4v) is 1.51. The molecule has 1 rings (SSSR count). The first-order valence-corrected chi connectivity index (χ1v) is 5.64. The summed E-state index contributed by atoms with van der Waals surface area (Å²) in [4.78, 5) is 13.8. The van der Waals surface area contributed by atoms with Crippen molar-refractivity contribution in [2.75, 3.05) is 6.54 Å². The number of hydrogen-bond donors (Lipinski definition) is 2. The van der Waals surface area contributed by atoms with E-state index in [1.165, 1.54) is 4.90 Å². The van der Waals surface area contributed by atoms with Crippen molar-refractivity contribution in [3.05, 3.63) is 17.5 Å². The summed E-state index contributed by atoms with van der Waals surface area (Å²) < 4.78 is 1.63. The summed E-state index contributed by atoms with van der Waals surface area (Å²) in [5.41, 5.74) is 6.69. The minimum absolute atomic E-state index is 0.00953. The molecule has 7 heteroatoms. The van der Waals surface area contributed by atoms with Crippen molar-refractivity contribution in [2.45, 2.75) is 26.8 Å². The molecule has 1 aromatic heterocycles. The molecule has 0 atom stereocenters. The summed E-state index contributed by atoms with van der Waals surface area (Å²) in [7, 11) is 1.77. The van der Waals surface area contributed by atoms with E-state index in [-0.39, 0.29) is 24.3 Å². The van der Waals surface area contributed by atoms with Crippen LogP contribution in [0.15, 0.2) is 11.2 Å². The van der Waals surface area contributed by atoms with Crippen molar-refractivity contribution in [3.63, 3.8) is 0 Å². The highest BCUT2D eigenvalue weighted by atomic mass is 16.4. The maximum atomic E-state index is 12.3. The number of rotatable bonds is 4. The lowest BCUT2D eigenvalue weighted by Crippen LogP contribution is -2.43. The van der Waals surface area contributed by atoms with Gasteiger partial charge in [0.2, 0.25) is 0 Å². The lowest BCUT2D eigenvalue weighted by atomic mass is 10.2. The molecule has 0 radical (unpaired) electrons. The van der Waals surface area contributed by atoms with Crippen molar-refractivity contribution >= 4 is 11.7 Å². The summed E-state index contributed by atoms with van der Waals surface area (Å²) in [5.74, 6) is -0.245. The molecule has 0 saturated heterocycles. The quantitative estimate of drug-likeness (QED) is 0.349. The zero-order chi connectivity index (χ0) is 13.9. The number of amides is 1. The van der Waals surface area contributed by atoms with Crippen LogP contribution in [0.2, 0.25) is 0 Å². The molecule has 0 aromatic carbocycles. The van der Waals surface area contributed by atoms with Gasteiger partial charge in [0.15, 0.2) is 11.5 Å². The van der Waals surface area contributed by atoms with Crippen molar-refractivity contribution in [1.82, 2.24) is 14.7 Å². The van der Waals surface area contributed by atoms with Crippen molar-refractivity contribution < 1.29 is 10.0 Å². The molecule has 0 aliphatic rings. The second-order valence-electron chi connectivity index (χ2n) is 4.41. The molecule has 0 bridgehead atoms. The zero-order valence-electron chi connectivity index (χ0n) is 11.1. The number of carbonyl (C=O) groups excluding carboxylic acids is 1. The van der Waals surface area contributed by atoms with E-state index in [2.05, 4.69) is 10.3 Å². The Kier molecular flexibility index (Phi) is 4.30. The van der Waals surface area contributed by atoms with E-state index in [1.54, 1.807) is 17.8 Å². The third-order valence-electron chi connectivity index (χ3n) is 2.68. The van der Waals surface area contributed by atoms with Gasteiger partial charge in [0.25, 0.3) is 5.91 Å². The van der Waals surface area contributed by atoms with Crippen LogP contribution in [-0.4, -0.2) is 44.2 Å². The molecule has 18 heavy (non-hydrogen) atoms. The van der Waals surface area contributed by atoms with E-state index in [9.17, 15) is 4.79 Å². The zero-order valence-corrected chi connectivity index (χ0v) is 11.1. The summed E-state index contributed by atoms with van der Waals surface area (Å²) in [6.07, 6.45) is 0. The topological polar surface area (TPSA) is 96.7 Å². The maximum Gasteiger partial charge on any atom is 0.274 e. The van der Waals surface area contributed by atoms with Gasteiger partial charge in [-0.1, -0.05) is 5.16 Å². The van der Waals surface area contributed by atoms with Crippen LogP contribution in [0.5, 0.6) is 0 Å².